The Morgan fingerprint density at radius 3 is 2.46 bits per heavy atom. The van der Waals surface area contributed by atoms with E-state index in [1.54, 1.807) is 0 Å². The molecule has 0 heterocycles. The lowest BCUT2D eigenvalue weighted by molar-refractivity contribution is 1.49. The molecule has 0 bridgehead atoms. The van der Waals surface area contributed by atoms with Gasteiger partial charge in [0.05, 0.1) is 5.02 Å². The van der Waals surface area contributed by atoms with Crippen molar-refractivity contribution in [3.63, 3.8) is 0 Å². The monoisotopic (exact) mass is 254 g/mol. The molecular weight excluding hydrogens is 247 g/mol. The highest BCUT2D eigenvalue weighted by Crippen LogP contribution is 2.32. The smallest absolute Gasteiger partial charge is 0.0514 e. The molecule has 2 heteroatoms. The highest BCUT2D eigenvalue weighted by molar-refractivity contribution is 9.10. The highest BCUT2D eigenvalue weighted by atomic mass is 79.9. The summed E-state index contributed by atoms with van der Waals surface area (Å²) in [5.74, 6) is 0. The van der Waals surface area contributed by atoms with Gasteiger partial charge in [0.25, 0.3) is 0 Å². The summed E-state index contributed by atoms with van der Waals surface area (Å²) < 4.78 is 1.10. The predicted octanol–water partition coefficient (Wildman–Crippen LogP) is 4.56. The summed E-state index contributed by atoms with van der Waals surface area (Å²) in [4.78, 5) is 0. The second-order valence-electron chi connectivity index (χ2n) is 3.03. The Morgan fingerprint density at radius 1 is 1.15 bits per heavy atom. The lowest BCUT2D eigenvalue weighted by atomic mass is 10.1. The molecule has 13 heavy (non-hydrogen) atoms. The van der Waals surface area contributed by atoms with Crippen LogP contribution in [0.4, 0.5) is 0 Å². The number of aryl methyl sites for hydroxylation is 1. The van der Waals surface area contributed by atoms with E-state index in [9.17, 15) is 0 Å². The van der Waals surface area contributed by atoms with Gasteiger partial charge in [0.1, 0.15) is 0 Å². The summed E-state index contributed by atoms with van der Waals surface area (Å²) in [6, 6.07) is 10.2. The molecule has 0 aliphatic rings. The van der Waals surface area contributed by atoms with E-state index in [1.807, 2.05) is 31.2 Å². The van der Waals surface area contributed by atoms with Crippen LogP contribution >= 0.6 is 27.5 Å². The van der Waals surface area contributed by atoms with Crippen LogP contribution in [-0.4, -0.2) is 0 Å². The van der Waals surface area contributed by atoms with Gasteiger partial charge in [0.15, 0.2) is 0 Å². The van der Waals surface area contributed by atoms with Crippen molar-refractivity contribution in [2.45, 2.75) is 6.92 Å². The number of rotatable bonds is 0. The van der Waals surface area contributed by atoms with E-state index in [-0.39, 0.29) is 0 Å². The van der Waals surface area contributed by atoms with Gasteiger partial charge >= 0.3 is 0 Å². The van der Waals surface area contributed by atoms with E-state index in [0.717, 1.165) is 25.8 Å². The van der Waals surface area contributed by atoms with E-state index >= 15 is 0 Å². The molecule has 2 aromatic carbocycles. The maximum absolute atomic E-state index is 6.18. The first-order chi connectivity index (χ1) is 6.20. The van der Waals surface area contributed by atoms with Gasteiger partial charge in [0, 0.05) is 9.86 Å². The number of hydrogen-bond acceptors (Lipinski definition) is 0. The van der Waals surface area contributed by atoms with Crippen LogP contribution < -0.4 is 0 Å². The summed E-state index contributed by atoms with van der Waals surface area (Å²) in [6.45, 7) is 2.01. The fourth-order valence-corrected chi connectivity index (χ4v) is 2.33. The van der Waals surface area contributed by atoms with Crippen molar-refractivity contribution in [1.29, 1.82) is 0 Å². The van der Waals surface area contributed by atoms with Gasteiger partial charge in [-0.05, 0) is 23.9 Å². The summed E-state index contributed by atoms with van der Waals surface area (Å²) in [5, 5.41) is 3.12. The van der Waals surface area contributed by atoms with Gasteiger partial charge in [-0.2, -0.15) is 0 Å². The van der Waals surface area contributed by atoms with Crippen molar-refractivity contribution >= 4 is 38.3 Å². The minimum atomic E-state index is 0.846. The van der Waals surface area contributed by atoms with Crippen LogP contribution in [0.25, 0.3) is 10.8 Å². The minimum absolute atomic E-state index is 0.846. The zero-order valence-electron chi connectivity index (χ0n) is 7.14. The van der Waals surface area contributed by atoms with Gasteiger partial charge in [-0.1, -0.05) is 51.8 Å². The normalized spacial score (nSPS) is 10.7. The summed E-state index contributed by atoms with van der Waals surface area (Å²) >= 11 is 9.70. The molecule has 66 valence electrons. The quantitative estimate of drug-likeness (QED) is 0.647. The van der Waals surface area contributed by atoms with E-state index in [4.69, 9.17) is 11.6 Å². The largest absolute Gasteiger partial charge is 0.0834 e. The first-order valence-electron chi connectivity index (χ1n) is 4.03. The van der Waals surface area contributed by atoms with Crippen LogP contribution in [0.2, 0.25) is 5.02 Å². The molecule has 0 amide bonds. The summed E-state index contributed by atoms with van der Waals surface area (Å²) in [6.07, 6.45) is 0. The fraction of sp³-hybridized carbons (Fsp3) is 0.0909. The minimum Gasteiger partial charge on any atom is -0.0834 e. The second-order valence-corrected chi connectivity index (χ2v) is 4.27. The third-order valence-electron chi connectivity index (χ3n) is 2.11. The van der Waals surface area contributed by atoms with E-state index < -0.39 is 0 Å². The van der Waals surface area contributed by atoms with Gasteiger partial charge in [0.2, 0.25) is 0 Å². The standard InChI is InChI=1S/C11H8BrCl/c1-7-6-10(12)8-4-2-3-5-9(8)11(7)13/h2-6H,1H3. The molecule has 0 nitrogen and oxygen atoms in total. The molecule has 0 aromatic heterocycles. The van der Waals surface area contributed by atoms with Gasteiger partial charge in [-0.15, -0.1) is 0 Å². The SMILES string of the molecule is Cc1cc(Br)c2ccccc2c1Cl. The summed E-state index contributed by atoms with van der Waals surface area (Å²) in [7, 11) is 0. The average Bonchev–Trinajstić information content (AvgIpc) is 2.15. The molecule has 0 aliphatic carbocycles. The Bertz CT molecular complexity index is 463. The van der Waals surface area contributed by atoms with E-state index in [1.165, 1.54) is 0 Å². The van der Waals surface area contributed by atoms with Crippen molar-refractivity contribution in [3.05, 3.63) is 45.4 Å². The molecule has 0 saturated heterocycles. The van der Waals surface area contributed by atoms with Crippen LogP contribution in [0.3, 0.4) is 0 Å². The van der Waals surface area contributed by atoms with Crippen LogP contribution in [0.1, 0.15) is 5.56 Å². The molecule has 0 spiro atoms. The Hall–Kier alpha value is -0.530. The van der Waals surface area contributed by atoms with Crippen molar-refractivity contribution in [1.82, 2.24) is 0 Å². The highest BCUT2D eigenvalue weighted by Gasteiger charge is 2.04. The Labute approximate surface area is 90.6 Å². The first kappa shape index (κ1) is 9.04. The topological polar surface area (TPSA) is 0 Å². The van der Waals surface area contributed by atoms with Crippen LogP contribution in [0, 0.1) is 6.92 Å². The Balaban J connectivity index is 2.97. The first-order valence-corrected chi connectivity index (χ1v) is 5.20. The van der Waals surface area contributed by atoms with Crippen molar-refractivity contribution in [2.24, 2.45) is 0 Å². The Kier molecular flexibility index (Phi) is 2.31. The van der Waals surface area contributed by atoms with Crippen LogP contribution in [0.5, 0.6) is 0 Å². The predicted molar refractivity (Wildman–Crippen MR) is 61.4 cm³/mol. The van der Waals surface area contributed by atoms with Crippen molar-refractivity contribution < 1.29 is 0 Å². The van der Waals surface area contributed by atoms with E-state index in [2.05, 4.69) is 22.0 Å². The molecule has 0 fully saturated rings. The zero-order valence-corrected chi connectivity index (χ0v) is 9.48. The summed E-state index contributed by atoms with van der Waals surface area (Å²) in [5.41, 5.74) is 1.10. The fourth-order valence-electron chi connectivity index (χ4n) is 1.43. The lowest BCUT2D eigenvalue weighted by Gasteiger charge is -2.05. The van der Waals surface area contributed by atoms with Crippen molar-refractivity contribution in [3.8, 4) is 0 Å². The number of halogens is 2. The third-order valence-corrected chi connectivity index (χ3v) is 3.27. The lowest BCUT2D eigenvalue weighted by Crippen LogP contribution is -1.80. The molecule has 0 atom stereocenters. The molecule has 0 N–H and O–H groups in total. The zero-order chi connectivity index (χ0) is 9.42. The van der Waals surface area contributed by atoms with Crippen LogP contribution in [0.15, 0.2) is 34.8 Å². The molecule has 0 unspecified atom stereocenters. The van der Waals surface area contributed by atoms with Crippen molar-refractivity contribution in [2.75, 3.05) is 0 Å². The van der Waals surface area contributed by atoms with Gasteiger partial charge in [-0.25, -0.2) is 0 Å². The second kappa shape index (κ2) is 3.32. The maximum Gasteiger partial charge on any atom is 0.0514 e. The average molecular weight is 256 g/mol. The number of benzene rings is 2. The molecule has 2 rings (SSSR count). The molecule has 2 aromatic rings. The Morgan fingerprint density at radius 2 is 1.77 bits per heavy atom. The maximum atomic E-state index is 6.18. The third kappa shape index (κ3) is 1.47. The number of fused-ring (bicyclic) bond motifs is 1. The molecule has 0 radical (unpaired) electrons. The van der Waals surface area contributed by atoms with Crippen LogP contribution in [-0.2, 0) is 0 Å². The van der Waals surface area contributed by atoms with E-state index in [0.29, 0.717) is 0 Å². The number of hydrogen-bond donors (Lipinski definition) is 0. The molecule has 0 aliphatic heterocycles. The molecular formula is C11H8BrCl. The molecule has 0 saturated carbocycles. The van der Waals surface area contributed by atoms with Gasteiger partial charge < -0.3 is 0 Å². The van der Waals surface area contributed by atoms with Gasteiger partial charge in [-0.3, -0.25) is 0 Å².